The molecular formula is C22H23ClN4O. The van der Waals surface area contributed by atoms with Gasteiger partial charge in [0.1, 0.15) is 5.69 Å². The number of hydrogen-bond donors (Lipinski definition) is 1. The van der Waals surface area contributed by atoms with E-state index in [-0.39, 0.29) is 18.3 Å². The van der Waals surface area contributed by atoms with Crippen LogP contribution in [0, 0.1) is 11.8 Å². The molecule has 0 spiro atoms. The average molecular weight is 395 g/mol. The monoisotopic (exact) mass is 394 g/mol. The van der Waals surface area contributed by atoms with Crippen molar-refractivity contribution in [3.63, 3.8) is 0 Å². The van der Waals surface area contributed by atoms with E-state index in [4.69, 9.17) is 5.10 Å². The van der Waals surface area contributed by atoms with Gasteiger partial charge in [0.25, 0.3) is 5.91 Å². The molecule has 6 heteroatoms. The molecule has 2 atom stereocenters. The first-order chi connectivity index (χ1) is 13.3. The number of amides is 1. The molecule has 144 valence electrons. The Kier molecular flexibility index (Phi) is 5.20. The molecule has 2 aliphatic rings. The van der Waals surface area contributed by atoms with E-state index < -0.39 is 0 Å². The Morgan fingerprint density at radius 2 is 1.54 bits per heavy atom. The Labute approximate surface area is 170 Å². The highest BCUT2D eigenvalue weighted by molar-refractivity contribution is 6.00. The summed E-state index contributed by atoms with van der Waals surface area (Å²) >= 11 is 0. The minimum Gasteiger partial charge on any atom is -0.338 e. The summed E-state index contributed by atoms with van der Waals surface area (Å²) in [6, 6.07) is 19.9. The largest absolute Gasteiger partial charge is 0.338 e. The molecule has 1 N–H and O–H groups in total. The molecule has 2 aromatic carbocycles. The normalized spacial score (nSPS) is 20.6. The molecule has 5 nitrogen and oxygen atoms in total. The van der Waals surface area contributed by atoms with Crippen LogP contribution in [0.15, 0.2) is 66.9 Å². The van der Waals surface area contributed by atoms with Crippen LogP contribution in [0.3, 0.4) is 0 Å². The molecule has 2 aliphatic heterocycles. The third-order valence-corrected chi connectivity index (χ3v) is 5.69. The van der Waals surface area contributed by atoms with Crippen molar-refractivity contribution in [3.05, 3.63) is 72.4 Å². The van der Waals surface area contributed by atoms with E-state index in [0.717, 1.165) is 43.1 Å². The summed E-state index contributed by atoms with van der Waals surface area (Å²) < 4.78 is 1.81. The number of para-hydroxylation sites is 1. The highest BCUT2D eigenvalue weighted by atomic mass is 35.5. The number of benzene rings is 2. The van der Waals surface area contributed by atoms with Gasteiger partial charge in [-0.05, 0) is 24.0 Å². The van der Waals surface area contributed by atoms with Gasteiger partial charge >= 0.3 is 0 Å². The van der Waals surface area contributed by atoms with Crippen LogP contribution < -0.4 is 5.32 Å². The van der Waals surface area contributed by atoms with Gasteiger partial charge in [-0.15, -0.1) is 12.4 Å². The lowest BCUT2D eigenvalue weighted by Crippen LogP contribution is -2.32. The van der Waals surface area contributed by atoms with Crippen molar-refractivity contribution >= 4 is 18.3 Å². The second-order valence-corrected chi connectivity index (χ2v) is 7.43. The molecule has 0 saturated carbocycles. The van der Waals surface area contributed by atoms with Gasteiger partial charge in [-0.1, -0.05) is 48.5 Å². The zero-order chi connectivity index (χ0) is 18.2. The van der Waals surface area contributed by atoms with Crippen molar-refractivity contribution in [2.75, 3.05) is 26.2 Å². The van der Waals surface area contributed by atoms with E-state index in [2.05, 4.69) is 5.32 Å². The Hall–Kier alpha value is -2.63. The second kappa shape index (κ2) is 7.78. The lowest BCUT2D eigenvalue weighted by atomic mass is 10.0. The Bertz CT molecular complexity index is 945. The first-order valence-corrected chi connectivity index (χ1v) is 9.50. The van der Waals surface area contributed by atoms with Crippen molar-refractivity contribution in [2.45, 2.75) is 0 Å². The fourth-order valence-electron chi connectivity index (χ4n) is 4.24. The molecule has 0 aliphatic carbocycles. The summed E-state index contributed by atoms with van der Waals surface area (Å²) in [5.74, 6) is 1.25. The van der Waals surface area contributed by atoms with Gasteiger partial charge in [0.05, 0.1) is 11.3 Å². The van der Waals surface area contributed by atoms with E-state index in [1.54, 1.807) is 0 Å². The van der Waals surface area contributed by atoms with Crippen LogP contribution in [0.5, 0.6) is 0 Å². The highest BCUT2D eigenvalue weighted by Crippen LogP contribution is 2.30. The summed E-state index contributed by atoms with van der Waals surface area (Å²) in [5, 5.41) is 8.20. The summed E-state index contributed by atoms with van der Waals surface area (Å²) in [6.45, 7) is 3.70. The predicted molar refractivity (Wildman–Crippen MR) is 112 cm³/mol. The maximum Gasteiger partial charge on any atom is 0.257 e. The van der Waals surface area contributed by atoms with Crippen LogP contribution in [0.4, 0.5) is 0 Å². The van der Waals surface area contributed by atoms with E-state index in [1.807, 2.05) is 76.4 Å². The molecule has 0 radical (unpaired) electrons. The van der Waals surface area contributed by atoms with Crippen molar-refractivity contribution in [1.29, 1.82) is 0 Å². The highest BCUT2D eigenvalue weighted by Gasteiger charge is 2.39. The number of carbonyl (C=O) groups excluding carboxylic acids is 1. The standard InChI is InChI=1S/C22H22N4O.ClH/c27-22(25-13-17-11-23-12-18(17)14-25)20-15-26(19-9-5-2-6-10-19)24-21(20)16-7-3-1-4-8-16;/h1-10,15,17-18,23H,11-14H2;1H/t17-,18+;. The third kappa shape index (κ3) is 3.32. The zero-order valence-corrected chi connectivity index (χ0v) is 16.3. The maximum atomic E-state index is 13.4. The zero-order valence-electron chi connectivity index (χ0n) is 15.5. The molecule has 5 rings (SSSR count). The SMILES string of the molecule is Cl.O=C(c1cn(-c2ccccc2)nc1-c1ccccc1)N1C[C@H]2CNC[C@H]2C1. The number of aromatic nitrogens is 2. The van der Waals surface area contributed by atoms with Gasteiger partial charge in [0.15, 0.2) is 0 Å². The predicted octanol–water partition coefficient (Wildman–Crippen LogP) is 3.25. The van der Waals surface area contributed by atoms with Crippen LogP contribution >= 0.6 is 12.4 Å². The fraction of sp³-hybridized carbons (Fsp3) is 0.273. The van der Waals surface area contributed by atoms with Crippen molar-refractivity contribution < 1.29 is 4.79 Å². The number of halogens is 1. The molecule has 0 bridgehead atoms. The topological polar surface area (TPSA) is 50.2 Å². The number of carbonyl (C=O) groups is 1. The molecule has 0 unspecified atom stereocenters. The number of nitrogens with one attached hydrogen (secondary N) is 1. The van der Waals surface area contributed by atoms with Gasteiger partial charge < -0.3 is 10.2 Å². The Morgan fingerprint density at radius 3 is 2.18 bits per heavy atom. The Morgan fingerprint density at radius 1 is 0.929 bits per heavy atom. The van der Waals surface area contributed by atoms with Crippen LogP contribution in [-0.4, -0.2) is 46.8 Å². The summed E-state index contributed by atoms with van der Waals surface area (Å²) in [7, 11) is 0. The quantitative estimate of drug-likeness (QED) is 0.741. The average Bonchev–Trinajstić information content (AvgIpc) is 3.43. The van der Waals surface area contributed by atoms with Gasteiger partial charge in [0.2, 0.25) is 0 Å². The second-order valence-electron chi connectivity index (χ2n) is 7.43. The summed E-state index contributed by atoms with van der Waals surface area (Å²) in [5.41, 5.74) is 3.35. The molecule has 2 saturated heterocycles. The van der Waals surface area contributed by atoms with E-state index in [0.29, 0.717) is 17.4 Å². The smallest absolute Gasteiger partial charge is 0.257 e. The fourth-order valence-corrected chi connectivity index (χ4v) is 4.24. The number of nitrogens with zero attached hydrogens (tertiary/aromatic N) is 3. The third-order valence-electron chi connectivity index (χ3n) is 5.69. The minimum atomic E-state index is 0. The van der Waals surface area contributed by atoms with Crippen LogP contribution in [0.2, 0.25) is 0 Å². The Balaban J connectivity index is 0.00000192. The van der Waals surface area contributed by atoms with Crippen molar-refractivity contribution in [2.24, 2.45) is 11.8 Å². The van der Waals surface area contributed by atoms with E-state index in [9.17, 15) is 4.79 Å². The first-order valence-electron chi connectivity index (χ1n) is 9.50. The molecule has 3 aromatic rings. The van der Waals surface area contributed by atoms with Gasteiger partial charge in [-0.25, -0.2) is 4.68 Å². The lowest BCUT2D eigenvalue weighted by Gasteiger charge is -2.17. The van der Waals surface area contributed by atoms with Gasteiger partial charge in [0, 0.05) is 37.9 Å². The lowest BCUT2D eigenvalue weighted by molar-refractivity contribution is 0.0782. The van der Waals surface area contributed by atoms with Crippen molar-refractivity contribution in [3.8, 4) is 16.9 Å². The number of likely N-dealkylation sites (tertiary alicyclic amines) is 1. The molecule has 2 fully saturated rings. The molecule has 1 amide bonds. The first kappa shape index (κ1) is 18.7. The van der Waals surface area contributed by atoms with E-state index in [1.165, 1.54) is 0 Å². The van der Waals surface area contributed by atoms with Crippen LogP contribution in [0.1, 0.15) is 10.4 Å². The van der Waals surface area contributed by atoms with Crippen molar-refractivity contribution in [1.82, 2.24) is 20.0 Å². The van der Waals surface area contributed by atoms with Gasteiger partial charge in [-0.3, -0.25) is 4.79 Å². The van der Waals surface area contributed by atoms with E-state index >= 15 is 0 Å². The van der Waals surface area contributed by atoms with Crippen LogP contribution in [0.25, 0.3) is 16.9 Å². The summed E-state index contributed by atoms with van der Waals surface area (Å²) in [6.07, 6.45) is 1.88. The van der Waals surface area contributed by atoms with Gasteiger partial charge in [-0.2, -0.15) is 5.10 Å². The maximum absolute atomic E-state index is 13.4. The number of rotatable bonds is 3. The molecule has 3 heterocycles. The van der Waals surface area contributed by atoms with Crippen LogP contribution in [-0.2, 0) is 0 Å². The number of fused-ring (bicyclic) bond motifs is 1. The summed E-state index contributed by atoms with van der Waals surface area (Å²) in [4.78, 5) is 15.4. The minimum absolute atomic E-state index is 0. The molecular weight excluding hydrogens is 372 g/mol. The molecule has 28 heavy (non-hydrogen) atoms. The number of hydrogen-bond acceptors (Lipinski definition) is 3. The molecule has 1 aromatic heterocycles.